The molecule has 1 aromatic rings. The van der Waals surface area contributed by atoms with Crippen LogP contribution in [-0.4, -0.2) is 38.9 Å². The van der Waals surface area contributed by atoms with Crippen LogP contribution in [0.15, 0.2) is 29.3 Å². The summed E-state index contributed by atoms with van der Waals surface area (Å²) in [6.45, 7) is 4.47. The molecule has 0 amide bonds. The van der Waals surface area contributed by atoms with Crippen molar-refractivity contribution in [2.45, 2.75) is 46.3 Å². The van der Waals surface area contributed by atoms with Crippen molar-refractivity contribution in [1.82, 2.24) is 10.6 Å². The Bertz CT molecular complexity index is 505. The van der Waals surface area contributed by atoms with E-state index in [9.17, 15) is 8.78 Å². The number of nitrogens with zero attached hydrogens (tertiary/aromatic N) is 1. The van der Waals surface area contributed by atoms with Crippen LogP contribution in [0.4, 0.5) is 8.78 Å². The first-order valence-electron chi connectivity index (χ1n) is 8.80. The number of hydrogen-bond donors (Lipinski definition) is 2. The molecule has 2 N–H and O–H groups in total. The number of halogens is 3. The maximum atomic E-state index is 12.4. The molecule has 5 nitrogen and oxygen atoms in total. The van der Waals surface area contributed by atoms with E-state index in [1.54, 1.807) is 18.2 Å². The number of ether oxygens (including phenoxy) is 2. The number of alkyl halides is 2. The second-order valence-corrected chi connectivity index (χ2v) is 5.43. The second kappa shape index (κ2) is 16.0. The molecule has 0 saturated carbocycles. The lowest BCUT2D eigenvalue weighted by Gasteiger charge is -2.13. The van der Waals surface area contributed by atoms with Crippen molar-refractivity contribution in [2.24, 2.45) is 4.99 Å². The van der Waals surface area contributed by atoms with Crippen LogP contribution in [0.3, 0.4) is 0 Å². The van der Waals surface area contributed by atoms with Crippen LogP contribution in [0.2, 0.25) is 0 Å². The van der Waals surface area contributed by atoms with Gasteiger partial charge in [0.1, 0.15) is 5.75 Å². The Morgan fingerprint density at radius 1 is 1.12 bits per heavy atom. The van der Waals surface area contributed by atoms with Gasteiger partial charge in [-0.15, -0.1) is 24.0 Å². The predicted molar refractivity (Wildman–Crippen MR) is 112 cm³/mol. The van der Waals surface area contributed by atoms with Gasteiger partial charge in [0.2, 0.25) is 0 Å². The summed E-state index contributed by atoms with van der Waals surface area (Å²) in [7, 11) is 0. The molecular formula is C18H30F2IN3O2. The third kappa shape index (κ3) is 11.5. The van der Waals surface area contributed by atoms with E-state index >= 15 is 0 Å². The molecule has 0 saturated heterocycles. The van der Waals surface area contributed by atoms with Crippen molar-refractivity contribution in [3.05, 3.63) is 29.8 Å². The minimum absolute atomic E-state index is 0. The molecule has 0 spiro atoms. The Hall–Kier alpha value is -1.16. The third-order valence-corrected chi connectivity index (χ3v) is 3.34. The van der Waals surface area contributed by atoms with Gasteiger partial charge in [-0.1, -0.05) is 31.5 Å². The van der Waals surface area contributed by atoms with Crippen LogP contribution in [-0.2, 0) is 11.3 Å². The first kappa shape index (κ1) is 24.8. The molecule has 0 aromatic heterocycles. The van der Waals surface area contributed by atoms with Gasteiger partial charge in [-0.2, -0.15) is 8.78 Å². The van der Waals surface area contributed by atoms with E-state index in [0.717, 1.165) is 32.4 Å². The van der Waals surface area contributed by atoms with E-state index in [2.05, 4.69) is 27.3 Å². The minimum Gasteiger partial charge on any atom is -0.434 e. The van der Waals surface area contributed by atoms with Crippen LogP contribution in [0, 0.1) is 0 Å². The molecule has 0 fully saturated rings. The zero-order valence-electron chi connectivity index (χ0n) is 15.5. The lowest BCUT2D eigenvalue weighted by atomic mass is 10.2. The molecule has 0 aliphatic carbocycles. The fraction of sp³-hybridized carbons (Fsp3) is 0.611. The summed E-state index contributed by atoms with van der Waals surface area (Å²) in [6, 6.07) is 6.68. The lowest BCUT2D eigenvalue weighted by Crippen LogP contribution is -2.38. The highest BCUT2D eigenvalue weighted by molar-refractivity contribution is 14.0. The number of nitrogens with one attached hydrogen (secondary N) is 2. The molecular weight excluding hydrogens is 455 g/mol. The molecule has 8 heteroatoms. The van der Waals surface area contributed by atoms with E-state index in [1.807, 2.05) is 6.92 Å². The molecule has 0 bridgehead atoms. The molecule has 0 atom stereocenters. The van der Waals surface area contributed by atoms with Crippen molar-refractivity contribution in [3.8, 4) is 5.75 Å². The van der Waals surface area contributed by atoms with Gasteiger partial charge in [-0.3, -0.25) is 0 Å². The van der Waals surface area contributed by atoms with Crippen LogP contribution in [0.1, 0.15) is 38.7 Å². The summed E-state index contributed by atoms with van der Waals surface area (Å²) in [4.78, 5) is 4.43. The van der Waals surface area contributed by atoms with Crippen LogP contribution >= 0.6 is 24.0 Å². The normalized spacial score (nSPS) is 11.2. The molecule has 0 aliphatic heterocycles. The summed E-state index contributed by atoms with van der Waals surface area (Å²) >= 11 is 0. The summed E-state index contributed by atoms with van der Waals surface area (Å²) < 4.78 is 34.9. The first-order valence-corrected chi connectivity index (χ1v) is 8.80. The minimum atomic E-state index is -2.84. The van der Waals surface area contributed by atoms with E-state index < -0.39 is 6.61 Å². The fourth-order valence-electron chi connectivity index (χ4n) is 2.08. The van der Waals surface area contributed by atoms with E-state index in [4.69, 9.17) is 4.74 Å². The van der Waals surface area contributed by atoms with Crippen molar-refractivity contribution in [1.29, 1.82) is 0 Å². The summed E-state index contributed by atoms with van der Waals surface area (Å²) in [5.74, 6) is 0.796. The molecule has 26 heavy (non-hydrogen) atoms. The van der Waals surface area contributed by atoms with Gasteiger partial charge in [0.05, 0.1) is 6.54 Å². The Morgan fingerprint density at radius 3 is 2.54 bits per heavy atom. The lowest BCUT2D eigenvalue weighted by molar-refractivity contribution is -0.0504. The smallest absolute Gasteiger partial charge is 0.387 e. The number of guanidine groups is 1. The summed E-state index contributed by atoms with van der Waals surface area (Å²) in [6.07, 6.45) is 3.09. The second-order valence-electron chi connectivity index (χ2n) is 5.43. The zero-order valence-corrected chi connectivity index (χ0v) is 17.8. The number of benzene rings is 1. The van der Waals surface area contributed by atoms with Gasteiger partial charge < -0.3 is 20.1 Å². The van der Waals surface area contributed by atoms with Gasteiger partial charge in [-0.05, 0) is 25.8 Å². The van der Waals surface area contributed by atoms with Crippen molar-refractivity contribution < 1.29 is 18.3 Å². The number of hydrogen-bond acceptors (Lipinski definition) is 3. The van der Waals surface area contributed by atoms with Gasteiger partial charge in [0.15, 0.2) is 5.96 Å². The maximum absolute atomic E-state index is 12.4. The van der Waals surface area contributed by atoms with Crippen molar-refractivity contribution in [2.75, 3.05) is 26.3 Å². The highest BCUT2D eigenvalue weighted by atomic mass is 127. The maximum Gasteiger partial charge on any atom is 0.387 e. The van der Waals surface area contributed by atoms with Gasteiger partial charge in [-0.25, -0.2) is 4.99 Å². The van der Waals surface area contributed by atoms with Crippen LogP contribution in [0.25, 0.3) is 0 Å². The molecule has 150 valence electrons. The van der Waals surface area contributed by atoms with Gasteiger partial charge in [0.25, 0.3) is 0 Å². The van der Waals surface area contributed by atoms with Crippen LogP contribution < -0.4 is 15.4 Å². The van der Waals surface area contributed by atoms with Gasteiger partial charge in [0, 0.05) is 31.9 Å². The third-order valence-electron chi connectivity index (χ3n) is 3.34. The average Bonchev–Trinajstić information content (AvgIpc) is 2.59. The Labute approximate surface area is 172 Å². The topological polar surface area (TPSA) is 54.9 Å². The fourth-order valence-corrected chi connectivity index (χ4v) is 2.08. The van der Waals surface area contributed by atoms with Crippen molar-refractivity contribution >= 4 is 29.9 Å². The number of para-hydroxylation sites is 1. The molecule has 1 aromatic carbocycles. The molecule has 0 aliphatic rings. The highest BCUT2D eigenvalue weighted by Gasteiger charge is 2.08. The van der Waals surface area contributed by atoms with E-state index in [-0.39, 0.29) is 36.3 Å². The average molecular weight is 485 g/mol. The number of aliphatic imine (C=N–C) groups is 1. The molecule has 0 heterocycles. The Kier molecular flexibility index (Phi) is 15.3. The van der Waals surface area contributed by atoms with Gasteiger partial charge >= 0.3 is 6.61 Å². The number of rotatable bonds is 12. The van der Waals surface area contributed by atoms with E-state index in [1.165, 1.54) is 6.07 Å². The number of unbranched alkanes of at least 4 members (excludes halogenated alkanes) is 1. The Morgan fingerprint density at radius 2 is 1.85 bits per heavy atom. The van der Waals surface area contributed by atoms with Crippen molar-refractivity contribution in [3.63, 3.8) is 0 Å². The monoisotopic (exact) mass is 485 g/mol. The summed E-state index contributed by atoms with van der Waals surface area (Å²) in [5, 5.41) is 6.35. The Balaban J connectivity index is 0.00000625. The van der Waals surface area contributed by atoms with E-state index in [0.29, 0.717) is 24.7 Å². The molecule has 1 rings (SSSR count). The first-order chi connectivity index (χ1) is 12.2. The molecule has 0 unspecified atom stereocenters. The zero-order chi connectivity index (χ0) is 18.3. The largest absolute Gasteiger partial charge is 0.434 e. The quantitative estimate of drug-likeness (QED) is 0.202. The molecule has 0 radical (unpaired) electrons. The highest BCUT2D eigenvalue weighted by Crippen LogP contribution is 2.20. The standard InChI is InChI=1S/C18H29F2N3O2.HI/c1-3-5-12-24-13-8-11-22-18(21-4-2)23-14-15-9-6-7-10-16(15)25-17(19)20;/h6-7,9-10,17H,3-5,8,11-14H2,1-2H3,(H2,21,22,23);1H. The van der Waals surface area contributed by atoms with Crippen LogP contribution in [0.5, 0.6) is 5.75 Å². The predicted octanol–water partition coefficient (Wildman–Crippen LogP) is 4.17. The SMILES string of the molecule is CCCCOCCCNC(=NCc1ccccc1OC(F)F)NCC.I. The summed E-state index contributed by atoms with van der Waals surface area (Å²) in [5.41, 5.74) is 0.614.